The van der Waals surface area contributed by atoms with Gasteiger partial charge in [-0.2, -0.15) is 0 Å². The summed E-state index contributed by atoms with van der Waals surface area (Å²) < 4.78 is 8.79. The van der Waals surface area contributed by atoms with Crippen molar-refractivity contribution in [1.29, 1.82) is 0 Å². The van der Waals surface area contributed by atoms with Crippen LogP contribution in [0.1, 0.15) is 33.1 Å². The Morgan fingerprint density at radius 1 is 1.16 bits per heavy atom. The van der Waals surface area contributed by atoms with Crippen molar-refractivity contribution >= 4 is 47.8 Å². The highest BCUT2D eigenvalue weighted by Crippen LogP contribution is 2.36. The maximum absolute atomic E-state index is 5.83. The number of ether oxygens (including phenoxy) is 1. The molecule has 0 heterocycles. The molecule has 0 spiro atoms. The molecular weight excluding hydrogens is 438 g/mol. The van der Waals surface area contributed by atoms with Gasteiger partial charge in [-0.1, -0.05) is 22.9 Å². The van der Waals surface area contributed by atoms with E-state index in [1.807, 2.05) is 12.1 Å². The standard InChI is InChI=1S/C14H20Br3NO/c1-3-18-10(2)6-4-5-7-19-14-12(16)8-11(15)9-13(14)17/h8-10,18H,3-7H2,1-2H3. The molecule has 1 N–H and O–H groups in total. The van der Waals surface area contributed by atoms with Crippen molar-refractivity contribution in [3.8, 4) is 5.75 Å². The van der Waals surface area contributed by atoms with Crippen LogP contribution >= 0.6 is 47.8 Å². The van der Waals surface area contributed by atoms with Gasteiger partial charge >= 0.3 is 0 Å². The summed E-state index contributed by atoms with van der Waals surface area (Å²) in [5.41, 5.74) is 0. The van der Waals surface area contributed by atoms with Gasteiger partial charge in [0, 0.05) is 10.5 Å². The van der Waals surface area contributed by atoms with Crippen LogP contribution < -0.4 is 10.1 Å². The maximum atomic E-state index is 5.83. The van der Waals surface area contributed by atoms with E-state index in [1.54, 1.807) is 0 Å². The van der Waals surface area contributed by atoms with Gasteiger partial charge in [-0.15, -0.1) is 0 Å². The van der Waals surface area contributed by atoms with Crippen molar-refractivity contribution in [3.05, 3.63) is 25.6 Å². The molecule has 0 saturated carbocycles. The van der Waals surface area contributed by atoms with Gasteiger partial charge in [-0.3, -0.25) is 0 Å². The molecule has 0 amide bonds. The molecule has 0 aliphatic rings. The molecule has 1 aromatic rings. The summed E-state index contributed by atoms with van der Waals surface area (Å²) >= 11 is 10.5. The van der Waals surface area contributed by atoms with E-state index in [2.05, 4.69) is 67.0 Å². The van der Waals surface area contributed by atoms with Gasteiger partial charge in [-0.05, 0) is 76.7 Å². The average molecular weight is 458 g/mol. The number of hydrogen-bond donors (Lipinski definition) is 1. The molecule has 2 nitrogen and oxygen atoms in total. The molecule has 0 radical (unpaired) electrons. The molecule has 0 aromatic heterocycles. The van der Waals surface area contributed by atoms with Crippen LogP contribution in [0.4, 0.5) is 0 Å². The minimum absolute atomic E-state index is 0.594. The van der Waals surface area contributed by atoms with E-state index < -0.39 is 0 Å². The fraction of sp³-hybridized carbons (Fsp3) is 0.571. The van der Waals surface area contributed by atoms with Crippen LogP contribution in [0.3, 0.4) is 0 Å². The first kappa shape index (κ1) is 17.5. The third-order valence-electron chi connectivity index (χ3n) is 2.79. The normalized spacial score (nSPS) is 12.5. The highest BCUT2D eigenvalue weighted by Gasteiger charge is 2.08. The summed E-state index contributed by atoms with van der Waals surface area (Å²) in [5, 5.41) is 3.42. The van der Waals surface area contributed by atoms with Gasteiger partial charge in [0.1, 0.15) is 5.75 Å². The maximum Gasteiger partial charge on any atom is 0.147 e. The fourth-order valence-electron chi connectivity index (χ4n) is 1.84. The van der Waals surface area contributed by atoms with Gasteiger partial charge in [0.05, 0.1) is 15.6 Å². The van der Waals surface area contributed by atoms with Crippen LogP contribution in [0, 0.1) is 0 Å². The van der Waals surface area contributed by atoms with Gasteiger partial charge in [-0.25, -0.2) is 0 Å². The molecule has 19 heavy (non-hydrogen) atoms. The zero-order valence-corrected chi connectivity index (χ0v) is 16.1. The van der Waals surface area contributed by atoms with Gasteiger partial charge in [0.25, 0.3) is 0 Å². The first-order chi connectivity index (χ1) is 9.04. The summed E-state index contributed by atoms with van der Waals surface area (Å²) in [6, 6.07) is 4.58. The zero-order valence-electron chi connectivity index (χ0n) is 11.3. The SMILES string of the molecule is CCNC(C)CCCCOc1c(Br)cc(Br)cc1Br. The number of benzene rings is 1. The van der Waals surface area contributed by atoms with Crippen molar-refractivity contribution in [2.45, 2.75) is 39.2 Å². The van der Waals surface area contributed by atoms with E-state index in [0.29, 0.717) is 6.04 Å². The van der Waals surface area contributed by atoms with Crippen molar-refractivity contribution in [2.75, 3.05) is 13.2 Å². The van der Waals surface area contributed by atoms with E-state index in [9.17, 15) is 0 Å². The summed E-state index contributed by atoms with van der Waals surface area (Å²) in [5.74, 6) is 0.878. The molecular formula is C14H20Br3NO. The summed E-state index contributed by atoms with van der Waals surface area (Å²) in [6.45, 7) is 6.16. The van der Waals surface area contributed by atoms with E-state index in [1.165, 1.54) is 12.8 Å². The molecule has 0 aliphatic carbocycles. The molecule has 0 bridgehead atoms. The Morgan fingerprint density at radius 3 is 2.37 bits per heavy atom. The number of rotatable bonds is 8. The van der Waals surface area contributed by atoms with Crippen molar-refractivity contribution in [2.24, 2.45) is 0 Å². The lowest BCUT2D eigenvalue weighted by molar-refractivity contribution is 0.298. The minimum atomic E-state index is 0.594. The van der Waals surface area contributed by atoms with E-state index >= 15 is 0 Å². The Morgan fingerprint density at radius 2 is 1.79 bits per heavy atom. The molecule has 0 saturated heterocycles. The predicted octanol–water partition coefficient (Wildman–Crippen LogP) is 5.52. The molecule has 1 rings (SSSR count). The molecule has 1 atom stereocenters. The van der Waals surface area contributed by atoms with Gasteiger partial charge < -0.3 is 10.1 Å². The summed E-state index contributed by atoms with van der Waals surface area (Å²) in [6.07, 6.45) is 3.45. The lowest BCUT2D eigenvalue weighted by Crippen LogP contribution is -2.25. The van der Waals surface area contributed by atoms with E-state index in [0.717, 1.165) is 38.7 Å². The average Bonchev–Trinajstić information content (AvgIpc) is 2.31. The Labute approximate surface area is 141 Å². The van der Waals surface area contributed by atoms with Crippen LogP contribution in [0.5, 0.6) is 5.75 Å². The number of nitrogens with one attached hydrogen (secondary N) is 1. The monoisotopic (exact) mass is 455 g/mol. The minimum Gasteiger partial charge on any atom is -0.491 e. The molecule has 108 valence electrons. The Hall–Kier alpha value is 0.420. The van der Waals surface area contributed by atoms with Crippen molar-refractivity contribution in [3.63, 3.8) is 0 Å². The van der Waals surface area contributed by atoms with Gasteiger partial charge in [0.15, 0.2) is 0 Å². The fourth-order valence-corrected chi connectivity index (χ4v) is 4.33. The van der Waals surface area contributed by atoms with Crippen molar-refractivity contribution < 1.29 is 4.74 Å². The number of unbranched alkanes of at least 4 members (excludes halogenated alkanes) is 1. The zero-order chi connectivity index (χ0) is 14.3. The number of hydrogen-bond acceptors (Lipinski definition) is 2. The lowest BCUT2D eigenvalue weighted by Gasteiger charge is -2.13. The second-order valence-electron chi connectivity index (χ2n) is 4.50. The first-order valence-electron chi connectivity index (χ1n) is 6.55. The second-order valence-corrected chi connectivity index (χ2v) is 7.13. The highest BCUT2D eigenvalue weighted by molar-refractivity contribution is 9.11. The quantitative estimate of drug-likeness (QED) is 0.519. The van der Waals surface area contributed by atoms with Crippen LogP contribution in [-0.2, 0) is 0 Å². The predicted molar refractivity (Wildman–Crippen MR) is 92.0 cm³/mol. The third kappa shape index (κ3) is 6.61. The van der Waals surface area contributed by atoms with Crippen LogP contribution in [0.2, 0.25) is 0 Å². The summed E-state index contributed by atoms with van der Waals surface area (Å²) in [4.78, 5) is 0. The van der Waals surface area contributed by atoms with Crippen molar-refractivity contribution in [1.82, 2.24) is 5.32 Å². The van der Waals surface area contributed by atoms with Crippen LogP contribution in [-0.4, -0.2) is 19.2 Å². The largest absolute Gasteiger partial charge is 0.491 e. The molecule has 5 heteroatoms. The highest BCUT2D eigenvalue weighted by atomic mass is 79.9. The number of halogens is 3. The molecule has 0 aliphatic heterocycles. The summed E-state index contributed by atoms with van der Waals surface area (Å²) in [7, 11) is 0. The molecule has 1 aromatic carbocycles. The third-order valence-corrected chi connectivity index (χ3v) is 4.43. The topological polar surface area (TPSA) is 21.3 Å². The molecule has 0 fully saturated rings. The first-order valence-corrected chi connectivity index (χ1v) is 8.93. The van der Waals surface area contributed by atoms with E-state index in [-0.39, 0.29) is 0 Å². The second kappa shape index (κ2) is 9.37. The van der Waals surface area contributed by atoms with E-state index in [4.69, 9.17) is 4.74 Å². The van der Waals surface area contributed by atoms with Crippen LogP contribution in [0.15, 0.2) is 25.6 Å². The van der Waals surface area contributed by atoms with Gasteiger partial charge in [0.2, 0.25) is 0 Å². The smallest absolute Gasteiger partial charge is 0.147 e. The molecule has 1 unspecified atom stereocenters. The Balaban J connectivity index is 2.30. The Bertz CT molecular complexity index is 375. The van der Waals surface area contributed by atoms with Crippen LogP contribution in [0.25, 0.3) is 0 Å². The Kier molecular flexibility index (Phi) is 8.62. The lowest BCUT2D eigenvalue weighted by atomic mass is 10.1.